The van der Waals surface area contributed by atoms with Crippen LogP contribution in [0.25, 0.3) is 0 Å². The maximum absolute atomic E-state index is 12.3. The molecule has 1 aromatic rings. The molecule has 1 aromatic heterocycles. The van der Waals surface area contributed by atoms with Gasteiger partial charge in [0, 0.05) is 50.7 Å². The topological polar surface area (TPSA) is 108 Å². The first-order valence-electron chi connectivity index (χ1n) is 7.95. The number of carboxylic acid groups (broad SMARTS) is 1. The maximum Gasteiger partial charge on any atom is 0.328 e. The lowest BCUT2D eigenvalue weighted by Crippen LogP contribution is -2.38. The second kappa shape index (κ2) is 8.72. The average Bonchev–Trinajstić information content (AvgIpc) is 3.13. The Morgan fingerprint density at radius 3 is 2.60 bits per heavy atom. The summed E-state index contributed by atoms with van der Waals surface area (Å²) in [4.78, 5) is 28.1. The van der Waals surface area contributed by atoms with E-state index in [4.69, 9.17) is 5.11 Å². The van der Waals surface area contributed by atoms with Gasteiger partial charge in [-0.3, -0.25) is 9.78 Å². The summed E-state index contributed by atoms with van der Waals surface area (Å²) < 4.78 is 26.1. The Morgan fingerprint density at radius 2 is 2.00 bits per heavy atom. The lowest BCUT2D eigenvalue weighted by Gasteiger charge is -2.23. The third-order valence-electron chi connectivity index (χ3n) is 3.85. The number of aromatic nitrogens is 1. The fourth-order valence-electron chi connectivity index (χ4n) is 2.55. The van der Waals surface area contributed by atoms with Gasteiger partial charge in [-0.1, -0.05) is 6.07 Å². The van der Waals surface area contributed by atoms with Gasteiger partial charge in [0.2, 0.25) is 15.9 Å². The van der Waals surface area contributed by atoms with E-state index in [1.54, 1.807) is 24.5 Å². The van der Waals surface area contributed by atoms with Crippen molar-refractivity contribution < 1.29 is 23.1 Å². The highest BCUT2D eigenvalue weighted by Gasteiger charge is 2.26. The van der Waals surface area contributed by atoms with Crippen LogP contribution in [-0.4, -0.2) is 65.0 Å². The molecule has 1 saturated heterocycles. The molecule has 0 saturated carbocycles. The third kappa shape index (κ3) is 5.95. The summed E-state index contributed by atoms with van der Waals surface area (Å²) in [5.41, 5.74) is 0.734. The molecule has 0 atom stereocenters. The smallest absolute Gasteiger partial charge is 0.328 e. The summed E-state index contributed by atoms with van der Waals surface area (Å²) in [7, 11) is -3.43. The molecule has 2 rings (SSSR count). The number of sulfonamides is 1. The molecule has 1 aliphatic rings. The van der Waals surface area contributed by atoms with Crippen molar-refractivity contribution in [2.24, 2.45) is 0 Å². The number of rotatable bonds is 8. The van der Waals surface area contributed by atoms with E-state index in [1.165, 1.54) is 9.21 Å². The van der Waals surface area contributed by atoms with Crippen LogP contribution in [0.3, 0.4) is 0 Å². The molecule has 0 spiro atoms. The van der Waals surface area contributed by atoms with Crippen LogP contribution in [0.1, 0.15) is 18.4 Å². The Bertz CT molecular complexity index is 727. The van der Waals surface area contributed by atoms with Crippen molar-refractivity contribution in [2.75, 3.05) is 25.4 Å². The first kappa shape index (κ1) is 19.1. The van der Waals surface area contributed by atoms with Gasteiger partial charge in [-0.2, -0.15) is 0 Å². The highest BCUT2D eigenvalue weighted by molar-refractivity contribution is 7.89. The van der Waals surface area contributed by atoms with Gasteiger partial charge >= 0.3 is 5.97 Å². The van der Waals surface area contributed by atoms with E-state index in [2.05, 4.69) is 4.98 Å². The summed E-state index contributed by atoms with van der Waals surface area (Å²) in [5, 5.41) is 8.67. The number of carboxylic acids is 1. The number of hydrogen-bond acceptors (Lipinski definition) is 5. The van der Waals surface area contributed by atoms with Crippen LogP contribution in [0, 0.1) is 0 Å². The van der Waals surface area contributed by atoms with E-state index in [1.807, 2.05) is 0 Å². The number of pyridine rings is 1. The van der Waals surface area contributed by atoms with Crippen molar-refractivity contribution in [3.05, 3.63) is 42.2 Å². The van der Waals surface area contributed by atoms with Crippen LogP contribution in [0.2, 0.25) is 0 Å². The average molecular weight is 367 g/mol. The van der Waals surface area contributed by atoms with Crippen LogP contribution in [0.15, 0.2) is 36.7 Å². The van der Waals surface area contributed by atoms with Crippen LogP contribution in [0.4, 0.5) is 0 Å². The summed E-state index contributed by atoms with van der Waals surface area (Å²) in [6.45, 7) is 1.16. The monoisotopic (exact) mass is 367 g/mol. The zero-order chi connectivity index (χ0) is 18.3. The second-order valence-corrected chi connectivity index (χ2v) is 7.80. The van der Waals surface area contributed by atoms with Gasteiger partial charge in [0.15, 0.2) is 0 Å². The van der Waals surface area contributed by atoms with E-state index in [0.717, 1.165) is 30.6 Å². The molecule has 0 bridgehead atoms. The van der Waals surface area contributed by atoms with Gasteiger partial charge in [-0.15, -0.1) is 0 Å². The van der Waals surface area contributed by atoms with Crippen molar-refractivity contribution in [3.63, 3.8) is 0 Å². The zero-order valence-corrected chi connectivity index (χ0v) is 14.6. The van der Waals surface area contributed by atoms with Crippen LogP contribution >= 0.6 is 0 Å². The van der Waals surface area contributed by atoms with Crippen molar-refractivity contribution in [3.8, 4) is 0 Å². The second-order valence-electron chi connectivity index (χ2n) is 5.71. The third-order valence-corrected chi connectivity index (χ3v) is 5.70. The highest BCUT2D eigenvalue weighted by atomic mass is 32.2. The lowest BCUT2D eigenvalue weighted by molar-refractivity contribution is -0.132. The molecular weight excluding hydrogens is 346 g/mol. The van der Waals surface area contributed by atoms with Gasteiger partial charge in [-0.25, -0.2) is 17.5 Å². The van der Waals surface area contributed by atoms with E-state index < -0.39 is 21.9 Å². The van der Waals surface area contributed by atoms with Gasteiger partial charge in [0.25, 0.3) is 0 Å². The fourth-order valence-corrected chi connectivity index (χ4v) is 4.07. The van der Waals surface area contributed by atoms with Crippen molar-refractivity contribution in [2.45, 2.75) is 19.4 Å². The number of amides is 1. The molecule has 1 aliphatic heterocycles. The van der Waals surface area contributed by atoms with Crippen molar-refractivity contribution in [1.29, 1.82) is 0 Å². The molecular formula is C16H21N3O5S. The SMILES string of the molecule is O=C(O)/C=C/C(=O)N(CCS(=O)(=O)N1CCCC1)Cc1cccnc1. The molecule has 1 fully saturated rings. The van der Waals surface area contributed by atoms with Crippen molar-refractivity contribution >= 4 is 21.9 Å². The van der Waals surface area contributed by atoms with Gasteiger partial charge in [0.1, 0.15) is 0 Å². The molecule has 136 valence electrons. The predicted molar refractivity (Wildman–Crippen MR) is 91.0 cm³/mol. The highest BCUT2D eigenvalue weighted by Crippen LogP contribution is 2.14. The number of aliphatic carboxylic acids is 1. The minimum atomic E-state index is -3.43. The van der Waals surface area contributed by atoms with Gasteiger partial charge in [-0.05, 0) is 24.5 Å². The van der Waals surface area contributed by atoms with Gasteiger partial charge in [0.05, 0.1) is 5.75 Å². The predicted octanol–water partition coefficient (Wildman–Crippen LogP) is 0.477. The number of hydrogen-bond donors (Lipinski definition) is 1. The zero-order valence-electron chi connectivity index (χ0n) is 13.7. The largest absolute Gasteiger partial charge is 0.478 e. The Kier molecular flexibility index (Phi) is 6.65. The Hall–Kier alpha value is -2.26. The number of nitrogens with zero attached hydrogens (tertiary/aromatic N) is 3. The van der Waals surface area contributed by atoms with Crippen LogP contribution in [0.5, 0.6) is 0 Å². The quantitative estimate of drug-likeness (QED) is 0.670. The van der Waals surface area contributed by atoms with Crippen LogP contribution in [-0.2, 0) is 26.2 Å². The molecule has 8 nitrogen and oxygen atoms in total. The first-order chi connectivity index (χ1) is 11.9. The van der Waals surface area contributed by atoms with Gasteiger partial charge < -0.3 is 10.0 Å². The van der Waals surface area contributed by atoms with E-state index in [0.29, 0.717) is 13.1 Å². The van der Waals surface area contributed by atoms with E-state index in [9.17, 15) is 18.0 Å². The lowest BCUT2D eigenvalue weighted by atomic mass is 10.2. The maximum atomic E-state index is 12.3. The molecule has 0 unspecified atom stereocenters. The standard InChI is InChI=1S/C16H21N3O5S/c20-15(5-6-16(21)22)18(13-14-4-3-7-17-12-14)10-11-25(23,24)19-8-1-2-9-19/h3-7,12H,1-2,8-11,13H2,(H,21,22)/b6-5+. The first-order valence-corrected chi connectivity index (χ1v) is 9.56. The van der Waals surface area contributed by atoms with Crippen LogP contribution < -0.4 is 0 Å². The van der Waals surface area contributed by atoms with E-state index >= 15 is 0 Å². The Balaban J connectivity index is 2.07. The Labute approximate surface area is 146 Å². The molecule has 1 N–H and O–H groups in total. The minimum Gasteiger partial charge on any atom is -0.478 e. The van der Waals surface area contributed by atoms with E-state index in [-0.39, 0.29) is 18.8 Å². The molecule has 2 heterocycles. The summed E-state index contributed by atoms with van der Waals surface area (Å²) in [5.74, 6) is -1.98. The summed E-state index contributed by atoms with van der Waals surface area (Å²) >= 11 is 0. The molecule has 0 aromatic carbocycles. The minimum absolute atomic E-state index is 0.0173. The molecule has 1 amide bonds. The molecule has 9 heteroatoms. The molecule has 0 radical (unpaired) electrons. The Morgan fingerprint density at radius 1 is 1.28 bits per heavy atom. The number of carbonyl (C=O) groups is 2. The van der Waals surface area contributed by atoms with Crippen molar-refractivity contribution in [1.82, 2.24) is 14.2 Å². The fraction of sp³-hybridized carbons (Fsp3) is 0.438. The summed E-state index contributed by atoms with van der Waals surface area (Å²) in [6, 6.07) is 3.48. The normalized spacial score (nSPS) is 15.5. The summed E-state index contributed by atoms with van der Waals surface area (Å²) in [6.07, 6.45) is 6.54. The number of carbonyl (C=O) groups excluding carboxylic acids is 1. The molecule has 25 heavy (non-hydrogen) atoms. The molecule has 0 aliphatic carbocycles.